The van der Waals surface area contributed by atoms with E-state index in [9.17, 15) is 0 Å². The van der Waals surface area contributed by atoms with E-state index in [2.05, 4.69) is 30.9 Å². The normalized spacial score (nSPS) is 10.9. The highest BCUT2D eigenvalue weighted by Gasteiger charge is 2.11. The number of alkyl halides is 1. The van der Waals surface area contributed by atoms with Gasteiger partial charge >= 0.3 is 0 Å². The molecule has 0 aliphatic carbocycles. The lowest BCUT2D eigenvalue weighted by Gasteiger charge is -2.07. The Morgan fingerprint density at radius 2 is 1.90 bits per heavy atom. The van der Waals surface area contributed by atoms with Gasteiger partial charge in [-0.3, -0.25) is 0 Å². The predicted octanol–water partition coefficient (Wildman–Crippen LogP) is 4.50. The molecule has 2 aromatic heterocycles. The summed E-state index contributed by atoms with van der Waals surface area (Å²) < 4.78 is 0.877. The second-order valence-electron chi connectivity index (χ2n) is 4.47. The predicted molar refractivity (Wildman–Crippen MR) is 84.8 cm³/mol. The van der Waals surface area contributed by atoms with Crippen LogP contribution in [0.2, 0.25) is 0 Å². The summed E-state index contributed by atoms with van der Waals surface area (Å²) in [4.78, 5) is 13.6. The number of aromatic nitrogens is 3. The number of hydrogen-bond donors (Lipinski definition) is 0. The van der Waals surface area contributed by atoms with Gasteiger partial charge in [0.1, 0.15) is 5.69 Å². The smallest absolute Gasteiger partial charge is 0.179 e. The van der Waals surface area contributed by atoms with Crippen LogP contribution >= 0.6 is 27.5 Å². The SMILES string of the molecule is Cc1cc(CCl)nc(-c2nc3ccccc3cc2Br)n1. The Hall–Kier alpha value is -1.52. The van der Waals surface area contributed by atoms with Crippen molar-refractivity contribution < 1.29 is 0 Å². The first-order valence-corrected chi connectivity index (χ1v) is 7.46. The van der Waals surface area contributed by atoms with Gasteiger partial charge in [-0.05, 0) is 41.1 Å². The van der Waals surface area contributed by atoms with Crippen LogP contribution in [0.3, 0.4) is 0 Å². The third-order valence-electron chi connectivity index (χ3n) is 2.93. The van der Waals surface area contributed by atoms with E-state index in [4.69, 9.17) is 11.6 Å². The summed E-state index contributed by atoms with van der Waals surface area (Å²) in [5.74, 6) is 0.958. The van der Waals surface area contributed by atoms with Crippen LogP contribution in [0.5, 0.6) is 0 Å². The van der Waals surface area contributed by atoms with Crippen LogP contribution in [0.15, 0.2) is 40.9 Å². The number of pyridine rings is 1. The molecule has 100 valence electrons. The number of fused-ring (bicyclic) bond motifs is 1. The van der Waals surface area contributed by atoms with Crippen molar-refractivity contribution >= 4 is 38.4 Å². The van der Waals surface area contributed by atoms with Crippen LogP contribution in [-0.4, -0.2) is 15.0 Å². The maximum atomic E-state index is 5.87. The fourth-order valence-electron chi connectivity index (χ4n) is 2.06. The van der Waals surface area contributed by atoms with Crippen molar-refractivity contribution in [3.05, 3.63) is 52.3 Å². The van der Waals surface area contributed by atoms with Gasteiger partial charge in [-0.15, -0.1) is 11.6 Å². The van der Waals surface area contributed by atoms with Gasteiger partial charge in [0, 0.05) is 15.6 Å². The van der Waals surface area contributed by atoms with Gasteiger partial charge in [-0.1, -0.05) is 18.2 Å². The quantitative estimate of drug-likeness (QED) is 0.640. The van der Waals surface area contributed by atoms with Crippen LogP contribution in [0.4, 0.5) is 0 Å². The Kier molecular flexibility index (Phi) is 3.68. The first-order chi connectivity index (χ1) is 9.67. The van der Waals surface area contributed by atoms with E-state index in [1.54, 1.807) is 0 Å². The number of halogens is 2. The van der Waals surface area contributed by atoms with E-state index < -0.39 is 0 Å². The first-order valence-electron chi connectivity index (χ1n) is 6.13. The Morgan fingerprint density at radius 1 is 1.10 bits per heavy atom. The fourth-order valence-corrected chi connectivity index (χ4v) is 2.70. The molecule has 0 aliphatic rings. The molecular formula is C15H11BrClN3. The van der Waals surface area contributed by atoms with Gasteiger partial charge in [-0.2, -0.15) is 0 Å². The van der Waals surface area contributed by atoms with Crippen LogP contribution in [0.25, 0.3) is 22.4 Å². The molecule has 0 spiro atoms. The molecule has 0 aliphatic heterocycles. The Balaban J connectivity index is 2.23. The standard InChI is InChI=1S/C15H11BrClN3/c1-9-6-11(8-17)19-15(18-9)14-12(16)7-10-4-2-3-5-13(10)20-14/h2-7H,8H2,1H3. The van der Waals surface area contributed by atoms with Crippen molar-refractivity contribution in [2.24, 2.45) is 0 Å². The minimum absolute atomic E-state index is 0.363. The molecule has 5 heteroatoms. The number of rotatable bonds is 2. The van der Waals surface area contributed by atoms with Gasteiger partial charge in [0.05, 0.1) is 17.1 Å². The summed E-state index contributed by atoms with van der Waals surface area (Å²) in [6.45, 7) is 1.93. The molecule has 0 radical (unpaired) electrons. The highest BCUT2D eigenvalue weighted by atomic mass is 79.9. The van der Waals surface area contributed by atoms with Gasteiger partial charge in [0.2, 0.25) is 0 Å². The van der Waals surface area contributed by atoms with Crippen molar-refractivity contribution in [3.63, 3.8) is 0 Å². The van der Waals surface area contributed by atoms with Crippen LogP contribution < -0.4 is 0 Å². The molecule has 3 aromatic rings. The van der Waals surface area contributed by atoms with Crippen molar-refractivity contribution in [3.8, 4) is 11.5 Å². The molecule has 3 nitrogen and oxygen atoms in total. The molecule has 0 bridgehead atoms. The molecule has 0 atom stereocenters. The van der Waals surface area contributed by atoms with E-state index in [-0.39, 0.29) is 0 Å². The zero-order valence-electron chi connectivity index (χ0n) is 10.8. The molecule has 20 heavy (non-hydrogen) atoms. The molecule has 0 fully saturated rings. The highest BCUT2D eigenvalue weighted by Crippen LogP contribution is 2.28. The maximum Gasteiger partial charge on any atom is 0.179 e. The minimum Gasteiger partial charge on any atom is -0.243 e. The molecule has 0 unspecified atom stereocenters. The fraction of sp³-hybridized carbons (Fsp3) is 0.133. The lowest BCUT2D eigenvalue weighted by atomic mass is 10.2. The van der Waals surface area contributed by atoms with Gasteiger partial charge in [0.25, 0.3) is 0 Å². The molecule has 2 heterocycles. The minimum atomic E-state index is 0.363. The van der Waals surface area contributed by atoms with E-state index >= 15 is 0 Å². The average molecular weight is 349 g/mol. The second-order valence-corrected chi connectivity index (χ2v) is 5.59. The Labute approximate surface area is 130 Å². The van der Waals surface area contributed by atoms with Crippen molar-refractivity contribution in [2.75, 3.05) is 0 Å². The molecule has 0 saturated heterocycles. The van der Waals surface area contributed by atoms with Crippen LogP contribution in [0, 0.1) is 6.92 Å². The summed E-state index contributed by atoms with van der Waals surface area (Å²) in [5, 5.41) is 1.08. The van der Waals surface area contributed by atoms with Gasteiger partial charge in [0.15, 0.2) is 5.82 Å². The van der Waals surface area contributed by atoms with Crippen LogP contribution in [0.1, 0.15) is 11.4 Å². The number of para-hydroxylation sites is 1. The molecular weight excluding hydrogens is 338 g/mol. The van der Waals surface area contributed by atoms with E-state index in [1.807, 2.05) is 43.3 Å². The number of hydrogen-bond acceptors (Lipinski definition) is 3. The molecule has 0 saturated carbocycles. The second kappa shape index (κ2) is 5.46. The van der Waals surface area contributed by atoms with E-state index in [0.29, 0.717) is 11.7 Å². The van der Waals surface area contributed by atoms with Crippen molar-refractivity contribution in [1.29, 1.82) is 0 Å². The number of aryl methyl sites for hydroxylation is 1. The maximum absolute atomic E-state index is 5.87. The Morgan fingerprint density at radius 3 is 2.70 bits per heavy atom. The summed E-state index contributed by atoms with van der Waals surface area (Å²) >= 11 is 9.42. The summed E-state index contributed by atoms with van der Waals surface area (Å²) in [7, 11) is 0. The largest absolute Gasteiger partial charge is 0.243 e. The van der Waals surface area contributed by atoms with E-state index in [1.165, 1.54) is 0 Å². The first kappa shape index (κ1) is 13.5. The zero-order valence-corrected chi connectivity index (χ0v) is 13.1. The topological polar surface area (TPSA) is 38.7 Å². The van der Waals surface area contributed by atoms with Crippen molar-refractivity contribution in [2.45, 2.75) is 12.8 Å². The lowest BCUT2D eigenvalue weighted by Crippen LogP contribution is -1.99. The average Bonchev–Trinajstić information content (AvgIpc) is 2.45. The Bertz CT molecular complexity index is 789. The lowest BCUT2D eigenvalue weighted by molar-refractivity contribution is 1.04. The molecule has 3 rings (SSSR count). The van der Waals surface area contributed by atoms with Crippen molar-refractivity contribution in [1.82, 2.24) is 15.0 Å². The third-order valence-corrected chi connectivity index (χ3v) is 3.81. The molecule has 1 aromatic carbocycles. The third kappa shape index (κ3) is 2.53. The highest BCUT2D eigenvalue weighted by molar-refractivity contribution is 9.10. The van der Waals surface area contributed by atoms with E-state index in [0.717, 1.165) is 32.5 Å². The number of benzene rings is 1. The number of nitrogens with zero attached hydrogens (tertiary/aromatic N) is 3. The summed E-state index contributed by atoms with van der Waals surface area (Å²) in [6.07, 6.45) is 0. The van der Waals surface area contributed by atoms with Gasteiger partial charge in [-0.25, -0.2) is 15.0 Å². The summed E-state index contributed by atoms with van der Waals surface area (Å²) in [6, 6.07) is 11.9. The monoisotopic (exact) mass is 347 g/mol. The van der Waals surface area contributed by atoms with Crippen LogP contribution in [-0.2, 0) is 5.88 Å². The molecule has 0 amide bonds. The van der Waals surface area contributed by atoms with Gasteiger partial charge < -0.3 is 0 Å². The summed E-state index contributed by atoms with van der Waals surface area (Å²) in [5.41, 5.74) is 3.34. The zero-order chi connectivity index (χ0) is 14.1. The molecule has 0 N–H and O–H groups in total.